The van der Waals surface area contributed by atoms with E-state index in [-0.39, 0.29) is 34.6 Å². The Morgan fingerprint density at radius 3 is 2.39 bits per heavy atom. The molecule has 1 heterocycles. The van der Waals surface area contributed by atoms with E-state index in [1.54, 1.807) is 0 Å². The molecular weight excluding hydrogens is 416 g/mol. The van der Waals surface area contributed by atoms with Crippen LogP contribution in [0, 0.1) is 10.8 Å². The second kappa shape index (κ2) is 8.73. The SMILES string of the molecule is CC1(C)CC(=O)/C(=C(\O)CCc2noc3c2C(=O)CC(C)(C)C3)C(=NCc2ccccc2)C1. The number of ketones is 2. The normalized spacial score (nSPS) is 22.4. The lowest BCUT2D eigenvalue weighted by molar-refractivity contribution is -0.117. The summed E-state index contributed by atoms with van der Waals surface area (Å²) in [4.78, 5) is 30.4. The number of aliphatic imine (C=N–C) groups is 1. The van der Waals surface area contributed by atoms with Gasteiger partial charge in [-0.3, -0.25) is 14.6 Å². The van der Waals surface area contributed by atoms with Gasteiger partial charge in [0.25, 0.3) is 0 Å². The number of benzene rings is 1. The lowest BCUT2D eigenvalue weighted by atomic mass is 9.73. The van der Waals surface area contributed by atoms with E-state index in [1.165, 1.54) is 0 Å². The maximum Gasteiger partial charge on any atom is 0.168 e. The minimum Gasteiger partial charge on any atom is -0.511 e. The number of fused-ring (bicyclic) bond motifs is 1. The first-order valence-electron chi connectivity index (χ1n) is 11.6. The molecule has 4 rings (SSSR count). The molecule has 0 amide bonds. The standard InChI is InChI=1S/C27H32N2O4/c1-26(2)12-19(28-16-17-8-6-5-7-9-17)24(21(31)13-26)20(30)11-10-18-25-22(32)14-27(3,4)15-23(25)33-29-18/h5-9,30H,10-16H2,1-4H3/b24-20-,28-19?. The van der Waals surface area contributed by atoms with Crippen LogP contribution >= 0.6 is 0 Å². The number of carbonyl (C=O) groups is 2. The number of allylic oxidation sites excluding steroid dienone is 2. The Bertz CT molecular complexity index is 1140. The fourth-order valence-electron chi connectivity index (χ4n) is 4.87. The molecule has 1 fully saturated rings. The van der Waals surface area contributed by atoms with Crippen molar-refractivity contribution in [3.05, 3.63) is 64.2 Å². The van der Waals surface area contributed by atoms with E-state index in [4.69, 9.17) is 9.52 Å². The highest BCUT2D eigenvalue weighted by molar-refractivity contribution is 6.24. The first kappa shape index (κ1) is 23.1. The van der Waals surface area contributed by atoms with Gasteiger partial charge in [-0.2, -0.15) is 0 Å². The summed E-state index contributed by atoms with van der Waals surface area (Å²) in [6.45, 7) is 8.63. The molecule has 0 atom stereocenters. The maximum absolute atomic E-state index is 13.0. The van der Waals surface area contributed by atoms with Crippen LogP contribution in [0.2, 0.25) is 0 Å². The summed E-state index contributed by atoms with van der Waals surface area (Å²) < 4.78 is 5.47. The Balaban J connectivity index is 1.58. The summed E-state index contributed by atoms with van der Waals surface area (Å²) in [5.74, 6) is 0.586. The van der Waals surface area contributed by atoms with Gasteiger partial charge in [0.15, 0.2) is 11.6 Å². The van der Waals surface area contributed by atoms with Crippen LogP contribution < -0.4 is 0 Å². The second-order valence-corrected chi connectivity index (χ2v) is 10.9. The van der Waals surface area contributed by atoms with Crippen molar-refractivity contribution in [1.82, 2.24) is 5.16 Å². The van der Waals surface area contributed by atoms with Crippen molar-refractivity contribution in [3.63, 3.8) is 0 Å². The van der Waals surface area contributed by atoms with Crippen molar-refractivity contribution in [2.75, 3.05) is 0 Å². The fourth-order valence-corrected chi connectivity index (χ4v) is 4.87. The van der Waals surface area contributed by atoms with E-state index < -0.39 is 0 Å². The molecule has 0 spiro atoms. The van der Waals surface area contributed by atoms with E-state index in [2.05, 4.69) is 5.16 Å². The molecule has 0 aliphatic heterocycles. The van der Waals surface area contributed by atoms with Crippen molar-refractivity contribution in [1.29, 1.82) is 0 Å². The zero-order valence-corrected chi connectivity index (χ0v) is 19.9. The Morgan fingerprint density at radius 1 is 1.00 bits per heavy atom. The highest BCUT2D eigenvalue weighted by Crippen LogP contribution is 2.38. The van der Waals surface area contributed by atoms with Crippen LogP contribution in [0.5, 0.6) is 0 Å². The molecule has 2 aliphatic rings. The van der Waals surface area contributed by atoms with Crippen molar-refractivity contribution in [2.24, 2.45) is 15.8 Å². The van der Waals surface area contributed by atoms with E-state index in [0.29, 0.717) is 67.0 Å². The first-order valence-corrected chi connectivity index (χ1v) is 11.6. The number of aliphatic hydroxyl groups excluding tert-OH is 1. The van der Waals surface area contributed by atoms with Crippen LogP contribution in [-0.4, -0.2) is 27.5 Å². The molecule has 33 heavy (non-hydrogen) atoms. The Kier molecular flexibility index (Phi) is 6.12. The maximum atomic E-state index is 13.0. The number of Topliss-reactive ketones (excluding diaryl/α,β-unsaturated/α-hetero) is 2. The van der Waals surface area contributed by atoms with Crippen molar-refractivity contribution in [3.8, 4) is 0 Å². The summed E-state index contributed by atoms with van der Waals surface area (Å²) in [6.07, 6.45) is 2.65. The third kappa shape index (κ3) is 5.15. The van der Waals surface area contributed by atoms with Crippen LogP contribution in [0.1, 0.15) is 80.8 Å². The molecular formula is C27H32N2O4. The van der Waals surface area contributed by atoms with Gasteiger partial charge in [-0.05, 0) is 22.8 Å². The fraction of sp³-hybridized carbons (Fsp3) is 0.481. The number of aryl methyl sites for hydroxylation is 1. The number of hydrogen-bond acceptors (Lipinski definition) is 6. The molecule has 6 heteroatoms. The second-order valence-electron chi connectivity index (χ2n) is 10.9. The molecule has 0 saturated heterocycles. The molecule has 1 aromatic carbocycles. The number of aliphatic hydroxyl groups is 1. The van der Waals surface area contributed by atoms with Crippen LogP contribution in [-0.2, 0) is 24.2 Å². The Labute approximate surface area is 194 Å². The van der Waals surface area contributed by atoms with Crippen molar-refractivity contribution >= 4 is 17.3 Å². The Hall–Kier alpha value is -3.02. The summed E-state index contributed by atoms with van der Waals surface area (Å²) in [5.41, 5.74) is 2.80. The van der Waals surface area contributed by atoms with Gasteiger partial charge in [0.1, 0.15) is 11.5 Å². The third-order valence-electron chi connectivity index (χ3n) is 6.43. The van der Waals surface area contributed by atoms with Gasteiger partial charge in [0.05, 0.1) is 23.4 Å². The summed E-state index contributed by atoms with van der Waals surface area (Å²) in [7, 11) is 0. The molecule has 6 nitrogen and oxygen atoms in total. The lowest BCUT2D eigenvalue weighted by Gasteiger charge is -2.31. The lowest BCUT2D eigenvalue weighted by Crippen LogP contribution is -2.33. The molecule has 2 aromatic rings. The molecule has 0 radical (unpaired) electrons. The van der Waals surface area contributed by atoms with Gasteiger partial charge in [-0.15, -0.1) is 0 Å². The Morgan fingerprint density at radius 2 is 1.67 bits per heavy atom. The summed E-state index contributed by atoms with van der Waals surface area (Å²) in [6, 6.07) is 9.86. The minimum atomic E-state index is -0.208. The number of rotatable bonds is 5. The van der Waals surface area contributed by atoms with E-state index in [1.807, 2.05) is 58.0 Å². The topological polar surface area (TPSA) is 92.8 Å². The van der Waals surface area contributed by atoms with Crippen molar-refractivity contribution < 1.29 is 19.2 Å². The largest absolute Gasteiger partial charge is 0.511 e. The average Bonchev–Trinajstić information content (AvgIpc) is 3.12. The van der Waals surface area contributed by atoms with Crippen LogP contribution in [0.3, 0.4) is 0 Å². The van der Waals surface area contributed by atoms with Gasteiger partial charge < -0.3 is 9.63 Å². The van der Waals surface area contributed by atoms with Gasteiger partial charge in [-0.25, -0.2) is 0 Å². The number of hydrogen-bond donors (Lipinski definition) is 1. The summed E-state index contributed by atoms with van der Waals surface area (Å²) >= 11 is 0. The number of nitrogens with zero attached hydrogens (tertiary/aromatic N) is 2. The van der Waals surface area contributed by atoms with E-state index >= 15 is 0 Å². The molecule has 1 saturated carbocycles. The van der Waals surface area contributed by atoms with Crippen LogP contribution in [0.4, 0.5) is 0 Å². The average molecular weight is 449 g/mol. The van der Waals surface area contributed by atoms with Gasteiger partial charge in [0, 0.05) is 37.8 Å². The monoisotopic (exact) mass is 448 g/mol. The van der Waals surface area contributed by atoms with Gasteiger partial charge in [-0.1, -0.05) is 63.2 Å². The van der Waals surface area contributed by atoms with Gasteiger partial charge in [0.2, 0.25) is 0 Å². The molecule has 0 unspecified atom stereocenters. The minimum absolute atomic E-state index is 0.0163. The predicted molar refractivity (Wildman–Crippen MR) is 127 cm³/mol. The molecule has 1 N–H and O–H groups in total. The summed E-state index contributed by atoms with van der Waals surface area (Å²) in [5, 5.41) is 15.1. The van der Waals surface area contributed by atoms with Gasteiger partial charge >= 0.3 is 0 Å². The zero-order chi connectivity index (χ0) is 23.8. The smallest absolute Gasteiger partial charge is 0.168 e. The quantitative estimate of drug-likeness (QED) is 0.474. The first-order chi connectivity index (χ1) is 15.5. The zero-order valence-electron chi connectivity index (χ0n) is 19.9. The third-order valence-corrected chi connectivity index (χ3v) is 6.43. The van der Waals surface area contributed by atoms with Crippen molar-refractivity contribution in [2.45, 2.75) is 72.8 Å². The highest BCUT2D eigenvalue weighted by Gasteiger charge is 2.38. The van der Waals surface area contributed by atoms with Crippen LogP contribution in [0.25, 0.3) is 0 Å². The molecule has 174 valence electrons. The van der Waals surface area contributed by atoms with E-state index in [0.717, 1.165) is 5.56 Å². The molecule has 1 aromatic heterocycles. The number of aromatic nitrogens is 1. The molecule has 0 bridgehead atoms. The van der Waals surface area contributed by atoms with Crippen LogP contribution in [0.15, 0.2) is 51.2 Å². The predicted octanol–water partition coefficient (Wildman–Crippen LogP) is 5.60. The van der Waals surface area contributed by atoms with E-state index in [9.17, 15) is 14.7 Å². The highest BCUT2D eigenvalue weighted by atomic mass is 16.5. The molecule has 2 aliphatic carbocycles. The number of carbonyl (C=O) groups excluding carboxylic acids is 2.